The van der Waals surface area contributed by atoms with Crippen LogP contribution in [0.5, 0.6) is 0 Å². The summed E-state index contributed by atoms with van der Waals surface area (Å²) in [5.41, 5.74) is 2.23. The topological polar surface area (TPSA) is 78.5 Å². The first-order chi connectivity index (χ1) is 14.3. The molecule has 0 aliphatic carbocycles. The number of sulfonamides is 1. The van der Waals surface area contributed by atoms with E-state index in [-0.39, 0.29) is 15.9 Å². The van der Waals surface area contributed by atoms with Crippen molar-refractivity contribution in [3.63, 3.8) is 0 Å². The van der Waals surface area contributed by atoms with E-state index in [9.17, 15) is 13.2 Å². The van der Waals surface area contributed by atoms with Crippen LogP contribution in [0.4, 0.5) is 5.69 Å². The predicted molar refractivity (Wildman–Crippen MR) is 131 cm³/mol. The maximum absolute atomic E-state index is 12.8. The summed E-state index contributed by atoms with van der Waals surface area (Å²) in [4.78, 5) is 12.6. The van der Waals surface area contributed by atoms with Crippen molar-refractivity contribution < 1.29 is 13.2 Å². The molecule has 0 atom stereocenters. The highest BCUT2D eigenvalue weighted by molar-refractivity contribution is 14.1. The highest BCUT2D eigenvalue weighted by Gasteiger charge is 2.25. The molecule has 0 spiro atoms. The first-order valence-corrected chi connectivity index (χ1v) is 12.7. The summed E-state index contributed by atoms with van der Waals surface area (Å²) in [6.45, 7) is 3.11. The van der Waals surface area contributed by atoms with Crippen molar-refractivity contribution in [1.82, 2.24) is 9.62 Å². The largest absolute Gasteiger partial charge is 0.332 e. The molecule has 30 heavy (non-hydrogen) atoms. The first-order valence-electron chi connectivity index (χ1n) is 9.76. The van der Waals surface area contributed by atoms with Crippen LogP contribution in [-0.2, 0) is 10.0 Å². The lowest BCUT2D eigenvalue weighted by Gasteiger charge is -2.20. The highest BCUT2D eigenvalue weighted by Crippen LogP contribution is 2.22. The van der Waals surface area contributed by atoms with E-state index >= 15 is 0 Å². The lowest BCUT2D eigenvalue weighted by atomic mass is 10.1. The van der Waals surface area contributed by atoms with Gasteiger partial charge in [-0.25, -0.2) is 8.42 Å². The number of hydrogen-bond donors (Lipinski definition) is 2. The molecule has 1 heterocycles. The number of amides is 1. The van der Waals surface area contributed by atoms with Gasteiger partial charge in [0.2, 0.25) is 10.0 Å². The molecule has 0 unspecified atom stereocenters. The SMILES string of the molecule is Cc1ccc(C(=O)NC(=S)Nc2ccc(S(=O)(=O)N3CCCCCC3)cc2)cc1I. The summed E-state index contributed by atoms with van der Waals surface area (Å²) < 4.78 is 28.3. The Labute approximate surface area is 196 Å². The smallest absolute Gasteiger partial charge is 0.257 e. The van der Waals surface area contributed by atoms with Crippen molar-refractivity contribution in [2.24, 2.45) is 0 Å². The summed E-state index contributed by atoms with van der Waals surface area (Å²) in [6.07, 6.45) is 3.93. The number of halogens is 1. The van der Waals surface area contributed by atoms with Crippen molar-refractivity contribution >= 4 is 61.5 Å². The standard InChI is InChI=1S/C21H24IN3O3S2/c1-15-6-7-16(14-19(15)22)20(26)24-21(29)23-17-8-10-18(11-9-17)30(27,28)25-12-4-2-3-5-13-25/h6-11,14H,2-5,12-13H2,1H3,(H2,23,24,26,29). The Hall–Kier alpha value is -1.56. The van der Waals surface area contributed by atoms with Gasteiger partial charge in [-0.1, -0.05) is 18.9 Å². The molecule has 0 radical (unpaired) electrons. The van der Waals surface area contributed by atoms with E-state index in [1.165, 1.54) is 0 Å². The third-order valence-corrected chi connectivity index (χ3v) is 8.26. The second kappa shape index (κ2) is 10.2. The average molecular weight is 557 g/mol. The maximum atomic E-state index is 12.8. The fraction of sp³-hybridized carbons (Fsp3) is 0.333. The van der Waals surface area contributed by atoms with Crippen molar-refractivity contribution in [2.45, 2.75) is 37.5 Å². The van der Waals surface area contributed by atoms with Crippen LogP contribution in [-0.4, -0.2) is 36.8 Å². The van der Waals surface area contributed by atoms with Gasteiger partial charge in [0, 0.05) is 27.9 Å². The lowest BCUT2D eigenvalue weighted by molar-refractivity contribution is 0.0977. The molecule has 3 rings (SSSR count). The van der Waals surface area contributed by atoms with Gasteiger partial charge in [0.15, 0.2) is 5.11 Å². The van der Waals surface area contributed by atoms with Crippen LogP contribution in [0.2, 0.25) is 0 Å². The number of benzene rings is 2. The third-order valence-electron chi connectivity index (χ3n) is 4.98. The lowest BCUT2D eigenvalue weighted by Crippen LogP contribution is -2.34. The quantitative estimate of drug-likeness (QED) is 0.434. The minimum absolute atomic E-state index is 0.152. The molecular formula is C21H24IN3O3S2. The van der Waals surface area contributed by atoms with Gasteiger partial charge in [0.05, 0.1) is 4.90 Å². The van der Waals surface area contributed by atoms with E-state index in [0.717, 1.165) is 34.8 Å². The van der Waals surface area contributed by atoms with Crippen LogP contribution in [0.25, 0.3) is 0 Å². The predicted octanol–water partition coefficient (Wildman–Crippen LogP) is 4.29. The number of nitrogens with zero attached hydrogens (tertiary/aromatic N) is 1. The second-order valence-corrected chi connectivity index (χ2v) is 10.7. The van der Waals surface area contributed by atoms with E-state index in [4.69, 9.17) is 12.2 Å². The Balaban J connectivity index is 1.62. The number of aryl methyl sites for hydroxylation is 1. The molecule has 6 nitrogen and oxygen atoms in total. The molecule has 1 fully saturated rings. The maximum Gasteiger partial charge on any atom is 0.257 e. The summed E-state index contributed by atoms with van der Waals surface area (Å²) in [7, 11) is -3.49. The summed E-state index contributed by atoms with van der Waals surface area (Å²) >= 11 is 7.41. The van der Waals surface area contributed by atoms with Gasteiger partial charge >= 0.3 is 0 Å². The van der Waals surface area contributed by atoms with Gasteiger partial charge in [-0.05, 0) is 96.5 Å². The van der Waals surface area contributed by atoms with E-state index in [2.05, 4.69) is 33.2 Å². The number of rotatable bonds is 4. The Morgan fingerprint density at radius 2 is 1.67 bits per heavy atom. The Kier molecular flexibility index (Phi) is 7.83. The monoisotopic (exact) mass is 557 g/mol. The Morgan fingerprint density at radius 1 is 1.03 bits per heavy atom. The molecule has 0 saturated carbocycles. The fourth-order valence-corrected chi connectivity index (χ4v) is 5.46. The van der Waals surface area contributed by atoms with Crippen LogP contribution in [0.15, 0.2) is 47.4 Å². The van der Waals surface area contributed by atoms with E-state index in [1.54, 1.807) is 40.7 Å². The molecule has 1 amide bonds. The third kappa shape index (κ3) is 5.77. The van der Waals surface area contributed by atoms with Gasteiger partial charge in [0.25, 0.3) is 5.91 Å². The van der Waals surface area contributed by atoms with Crippen LogP contribution in [0.1, 0.15) is 41.6 Å². The normalized spacial score (nSPS) is 15.3. The van der Waals surface area contributed by atoms with E-state index in [0.29, 0.717) is 24.3 Å². The van der Waals surface area contributed by atoms with Crippen molar-refractivity contribution in [1.29, 1.82) is 0 Å². The van der Waals surface area contributed by atoms with E-state index in [1.807, 2.05) is 13.0 Å². The zero-order chi connectivity index (χ0) is 21.7. The molecular weight excluding hydrogens is 533 g/mol. The molecule has 2 aromatic carbocycles. The zero-order valence-corrected chi connectivity index (χ0v) is 20.4. The molecule has 1 aliphatic rings. The van der Waals surface area contributed by atoms with Gasteiger partial charge in [0.1, 0.15) is 0 Å². The number of carbonyl (C=O) groups excluding carboxylic acids is 1. The van der Waals surface area contributed by atoms with Gasteiger partial charge < -0.3 is 5.32 Å². The van der Waals surface area contributed by atoms with Gasteiger partial charge in [-0.3, -0.25) is 10.1 Å². The minimum Gasteiger partial charge on any atom is -0.332 e. The average Bonchev–Trinajstić information content (AvgIpc) is 3.00. The summed E-state index contributed by atoms with van der Waals surface area (Å²) in [5.74, 6) is -0.300. The molecule has 0 aromatic heterocycles. The zero-order valence-electron chi connectivity index (χ0n) is 16.7. The summed E-state index contributed by atoms with van der Waals surface area (Å²) in [5, 5.41) is 5.72. The minimum atomic E-state index is -3.49. The fourth-order valence-electron chi connectivity index (χ4n) is 3.21. The molecule has 9 heteroatoms. The number of nitrogens with one attached hydrogen (secondary N) is 2. The summed E-state index contributed by atoms with van der Waals surface area (Å²) in [6, 6.07) is 11.9. The Morgan fingerprint density at radius 3 is 2.27 bits per heavy atom. The number of thiocarbonyl (C=S) groups is 1. The van der Waals surface area contributed by atoms with Crippen LogP contribution in [0, 0.1) is 10.5 Å². The first kappa shape index (κ1) is 23.1. The highest BCUT2D eigenvalue weighted by atomic mass is 127. The van der Waals surface area contributed by atoms with Crippen molar-refractivity contribution in [3.05, 3.63) is 57.2 Å². The number of hydrogen-bond acceptors (Lipinski definition) is 4. The molecule has 2 aromatic rings. The van der Waals surface area contributed by atoms with Crippen LogP contribution < -0.4 is 10.6 Å². The van der Waals surface area contributed by atoms with Gasteiger partial charge in [-0.2, -0.15) is 4.31 Å². The van der Waals surface area contributed by atoms with Gasteiger partial charge in [-0.15, -0.1) is 0 Å². The molecule has 1 aliphatic heterocycles. The molecule has 160 valence electrons. The number of carbonyl (C=O) groups is 1. The molecule has 0 bridgehead atoms. The second-order valence-electron chi connectivity index (χ2n) is 7.21. The van der Waals surface area contributed by atoms with E-state index < -0.39 is 10.0 Å². The molecule has 2 N–H and O–H groups in total. The van der Waals surface area contributed by atoms with Crippen molar-refractivity contribution in [2.75, 3.05) is 18.4 Å². The van der Waals surface area contributed by atoms with Crippen molar-refractivity contribution in [3.8, 4) is 0 Å². The van der Waals surface area contributed by atoms with Crippen LogP contribution in [0.3, 0.4) is 0 Å². The van der Waals surface area contributed by atoms with Crippen LogP contribution >= 0.6 is 34.8 Å². The molecule has 1 saturated heterocycles. The number of anilines is 1. The Bertz CT molecular complexity index is 1030.